The number of fused-ring (bicyclic) bond motifs is 1. The summed E-state index contributed by atoms with van der Waals surface area (Å²) >= 11 is 0. The van der Waals surface area contributed by atoms with Gasteiger partial charge in [-0.3, -0.25) is 0 Å². The molecule has 0 saturated carbocycles. The van der Waals surface area contributed by atoms with Gasteiger partial charge in [-0.1, -0.05) is 0 Å². The van der Waals surface area contributed by atoms with Crippen molar-refractivity contribution in [3.8, 4) is 5.75 Å². The largest absolute Gasteiger partial charge is 0.490 e. The Morgan fingerprint density at radius 3 is 2.85 bits per heavy atom. The predicted molar refractivity (Wildman–Crippen MR) is 67.5 cm³/mol. The minimum absolute atomic E-state index is 0.0963. The van der Waals surface area contributed by atoms with Gasteiger partial charge in [0.25, 0.3) is 0 Å². The van der Waals surface area contributed by atoms with Crippen molar-refractivity contribution < 1.29 is 23.5 Å². The summed E-state index contributed by atoms with van der Waals surface area (Å²) in [6, 6.07) is 2.84. The fraction of sp³-hybridized carbons (Fsp3) is 0.385. The minimum atomic E-state index is -1.55. The molecule has 3 N–H and O–H groups in total. The van der Waals surface area contributed by atoms with Crippen molar-refractivity contribution in [3.63, 3.8) is 0 Å². The van der Waals surface area contributed by atoms with Crippen molar-refractivity contribution in [1.29, 1.82) is 0 Å². The maximum Gasteiger partial charge on any atom is 0.336 e. The third kappa shape index (κ3) is 2.26. The molecule has 2 rings (SSSR count). The first-order chi connectivity index (χ1) is 9.39. The van der Waals surface area contributed by atoms with Crippen LogP contribution in [-0.4, -0.2) is 25.2 Å². The quantitative estimate of drug-likeness (QED) is 0.793. The molecule has 0 bridgehead atoms. The van der Waals surface area contributed by atoms with E-state index in [1.807, 2.05) is 0 Å². The van der Waals surface area contributed by atoms with Gasteiger partial charge in [0.05, 0.1) is 13.2 Å². The van der Waals surface area contributed by atoms with Crippen LogP contribution < -0.4 is 15.8 Å². The lowest BCUT2D eigenvalue weighted by Crippen LogP contribution is -2.57. The number of hydrogen-bond acceptors (Lipinski definition) is 4. The van der Waals surface area contributed by atoms with Gasteiger partial charge in [0, 0.05) is 12.0 Å². The Balaban J connectivity index is 2.64. The number of ether oxygens (including phenoxy) is 2. The van der Waals surface area contributed by atoms with E-state index in [0.717, 1.165) is 6.07 Å². The summed E-state index contributed by atoms with van der Waals surface area (Å²) in [4.78, 5) is 23.4. The molecule has 0 fully saturated rings. The predicted octanol–water partition coefficient (Wildman–Crippen LogP) is 1.03. The first-order valence-electron chi connectivity index (χ1n) is 6.02. The van der Waals surface area contributed by atoms with Crippen LogP contribution in [0.5, 0.6) is 5.75 Å². The van der Waals surface area contributed by atoms with Gasteiger partial charge in [-0.25, -0.2) is 14.0 Å². The summed E-state index contributed by atoms with van der Waals surface area (Å²) in [7, 11) is 1.19. The van der Waals surface area contributed by atoms with Crippen LogP contribution >= 0.6 is 0 Å². The number of carbonyl (C=O) groups excluding carboxylic acids is 2. The van der Waals surface area contributed by atoms with E-state index in [1.165, 1.54) is 19.2 Å². The molecule has 20 heavy (non-hydrogen) atoms. The number of primary amides is 1. The van der Waals surface area contributed by atoms with E-state index in [2.05, 4.69) is 5.32 Å². The highest BCUT2D eigenvalue weighted by atomic mass is 19.1. The third-order valence-corrected chi connectivity index (χ3v) is 3.19. The molecule has 1 aromatic rings. The summed E-state index contributed by atoms with van der Waals surface area (Å²) in [6.07, 6.45) is -0.280. The first-order valence-corrected chi connectivity index (χ1v) is 6.02. The average Bonchev–Trinajstić information content (AvgIpc) is 2.37. The van der Waals surface area contributed by atoms with Crippen LogP contribution in [0.15, 0.2) is 18.2 Å². The maximum absolute atomic E-state index is 13.5. The second-order valence-electron chi connectivity index (χ2n) is 4.66. The number of benzene rings is 1. The molecule has 0 radical (unpaired) electrons. The normalized spacial score (nSPS) is 24.2. The topological polar surface area (TPSA) is 90.6 Å². The van der Waals surface area contributed by atoms with E-state index in [1.54, 1.807) is 6.92 Å². The van der Waals surface area contributed by atoms with E-state index in [4.69, 9.17) is 15.2 Å². The molecular formula is C13H15FN2O4. The van der Waals surface area contributed by atoms with Crippen LogP contribution in [0.1, 0.15) is 18.9 Å². The Labute approximate surface area is 115 Å². The molecule has 2 amide bonds. The number of nitrogens with two attached hydrogens (primary N) is 1. The van der Waals surface area contributed by atoms with Crippen LogP contribution in [0.4, 0.5) is 9.18 Å². The lowest BCUT2D eigenvalue weighted by molar-refractivity contribution is -0.150. The molecule has 1 heterocycles. The van der Waals surface area contributed by atoms with E-state index in [-0.39, 0.29) is 18.1 Å². The van der Waals surface area contributed by atoms with Crippen molar-refractivity contribution >= 4 is 12.0 Å². The summed E-state index contributed by atoms with van der Waals surface area (Å²) in [6.45, 7) is 1.73. The minimum Gasteiger partial charge on any atom is -0.490 e. The second kappa shape index (κ2) is 4.99. The molecule has 0 spiro atoms. The van der Waals surface area contributed by atoms with Gasteiger partial charge in [-0.05, 0) is 25.1 Å². The number of urea groups is 1. The van der Waals surface area contributed by atoms with Gasteiger partial charge in [0.15, 0.2) is 5.54 Å². The highest BCUT2D eigenvalue weighted by Crippen LogP contribution is 2.40. The van der Waals surface area contributed by atoms with Gasteiger partial charge in [0.1, 0.15) is 11.6 Å². The van der Waals surface area contributed by atoms with E-state index >= 15 is 0 Å². The summed E-state index contributed by atoms with van der Waals surface area (Å²) in [5.41, 5.74) is 3.80. The molecule has 0 aliphatic carbocycles. The SMILES string of the molecule is COC(=O)C1(NC(N)=O)CC(C)Oc2ccc(F)cc21. The second-order valence-corrected chi connectivity index (χ2v) is 4.66. The molecule has 7 heteroatoms. The van der Waals surface area contributed by atoms with Crippen LogP contribution in [0, 0.1) is 5.82 Å². The molecule has 2 atom stereocenters. The Bertz CT molecular complexity index is 563. The highest BCUT2D eigenvalue weighted by Gasteiger charge is 2.49. The van der Waals surface area contributed by atoms with Crippen LogP contribution in [0.2, 0.25) is 0 Å². The van der Waals surface area contributed by atoms with Gasteiger partial charge < -0.3 is 20.5 Å². The van der Waals surface area contributed by atoms with Crippen molar-refractivity contribution in [2.75, 3.05) is 7.11 Å². The smallest absolute Gasteiger partial charge is 0.336 e. The first kappa shape index (κ1) is 14.1. The summed E-state index contributed by atoms with van der Waals surface area (Å²) in [5, 5.41) is 2.38. The number of amides is 2. The number of methoxy groups -OCH3 is 1. The van der Waals surface area contributed by atoms with Gasteiger partial charge in [-0.2, -0.15) is 0 Å². The van der Waals surface area contributed by atoms with Crippen LogP contribution in [0.25, 0.3) is 0 Å². The number of halogens is 1. The van der Waals surface area contributed by atoms with Crippen molar-refractivity contribution in [3.05, 3.63) is 29.6 Å². The molecule has 1 aliphatic heterocycles. The Morgan fingerprint density at radius 1 is 1.55 bits per heavy atom. The van der Waals surface area contributed by atoms with Crippen LogP contribution in [-0.2, 0) is 15.1 Å². The lowest BCUT2D eigenvalue weighted by Gasteiger charge is -2.39. The Kier molecular flexibility index (Phi) is 3.52. The number of esters is 1. The number of rotatable bonds is 2. The van der Waals surface area contributed by atoms with Crippen molar-refractivity contribution in [2.45, 2.75) is 25.0 Å². The van der Waals surface area contributed by atoms with E-state index in [9.17, 15) is 14.0 Å². The zero-order chi connectivity index (χ0) is 14.9. The number of hydrogen-bond donors (Lipinski definition) is 2. The molecule has 0 aromatic heterocycles. The zero-order valence-electron chi connectivity index (χ0n) is 11.1. The van der Waals surface area contributed by atoms with Crippen molar-refractivity contribution in [1.82, 2.24) is 5.32 Å². The third-order valence-electron chi connectivity index (χ3n) is 3.19. The molecule has 6 nitrogen and oxygen atoms in total. The fourth-order valence-corrected chi connectivity index (χ4v) is 2.49. The summed E-state index contributed by atoms with van der Waals surface area (Å²) < 4.78 is 23.8. The highest BCUT2D eigenvalue weighted by molar-refractivity contribution is 5.89. The van der Waals surface area contributed by atoms with E-state index in [0.29, 0.717) is 5.75 Å². The molecule has 1 aliphatic rings. The van der Waals surface area contributed by atoms with Gasteiger partial charge in [-0.15, -0.1) is 0 Å². The van der Waals surface area contributed by atoms with E-state index < -0.39 is 23.4 Å². The number of carbonyl (C=O) groups is 2. The molecular weight excluding hydrogens is 267 g/mol. The molecule has 0 saturated heterocycles. The lowest BCUT2D eigenvalue weighted by atomic mass is 9.82. The van der Waals surface area contributed by atoms with Crippen molar-refractivity contribution in [2.24, 2.45) is 5.73 Å². The molecule has 108 valence electrons. The standard InChI is InChI=1S/C13H15FN2O4/c1-7-6-13(11(17)19-2,16-12(15)18)9-5-8(14)3-4-10(9)20-7/h3-5,7H,6H2,1-2H3,(H3,15,16,18). The fourth-order valence-electron chi connectivity index (χ4n) is 2.49. The average molecular weight is 282 g/mol. The molecule has 2 unspecified atom stereocenters. The Hall–Kier alpha value is -2.31. The summed E-state index contributed by atoms with van der Waals surface area (Å²) in [5.74, 6) is -0.968. The Morgan fingerprint density at radius 2 is 2.25 bits per heavy atom. The molecule has 1 aromatic carbocycles. The zero-order valence-corrected chi connectivity index (χ0v) is 11.1. The van der Waals surface area contributed by atoms with Gasteiger partial charge >= 0.3 is 12.0 Å². The maximum atomic E-state index is 13.5. The number of nitrogens with one attached hydrogen (secondary N) is 1. The van der Waals surface area contributed by atoms with Crippen LogP contribution in [0.3, 0.4) is 0 Å². The monoisotopic (exact) mass is 282 g/mol. The van der Waals surface area contributed by atoms with Gasteiger partial charge in [0.2, 0.25) is 0 Å².